The van der Waals surface area contributed by atoms with Crippen LogP contribution in [-0.2, 0) is 5.41 Å². The average Bonchev–Trinajstić information content (AvgIpc) is 2.48. The molecule has 2 aromatic rings. The van der Waals surface area contributed by atoms with Crippen LogP contribution in [0.2, 0.25) is 10.0 Å². The molecule has 1 amide bonds. The second kappa shape index (κ2) is 8.04. The number of amides is 1. The Bertz CT molecular complexity index is 834. The first-order valence-electron chi connectivity index (χ1n) is 7.45. The minimum atomic E-state index is -0.302. The van der Waals surface area contributed by atoms with E-state index in [9.17, 15) is 4.79 Å². The van der Waals surface area contributed by atoms with Crippen LogP contribution in [0.5, 0.6) is 0 Å². The van der Waals surface area contributed by atoms with E-state index in [1.54, 1.807) is 30.3 Å². The molecule has 0 bridgehead atoms. The second-order valence-corrected chi connectivity index (χ2v) is 8.58. The van der Waals surface area contributed by atoms with Gasteiger partial charge < -0.3 is 5.32 Å². The first-order chi connectivity index (χ1) is 11.6. The third kappa shape index (κ3) is 5.42. The van der Waals surface area contributed by atoms with E-state index >= 15 is 0 Å². The van der Waals surface area contributed by atoms with Crippen molar-refractivity contribution in [3.8, 4) is 0 Å². The number of hydrogen-bond donors (Lipinski definition) is 2. The maximum absolute atomic E-state index is 12.4. The minimum Gasteiger partial charge on any atom is -0.331 e. The third-order valence-corrected chi connectivity index (χ3v) is 4.85. The normalized spacial score (nSPS) is 11.1. The van der Waals surface area contributed by atoms with Gasteiger partial charge in [-0.15, -0.1) is 0 Å². The van der Waals surface area contributed by atoms with Crippen molar-refractivity contribution in [1.82, 2.24) is 5.32 Å². The Balaban J connectivity index is 2.09. The summed E-state index contributed by atoms with van der Waals surface area (Å²) in [5.41, 5.74) is 2.18. The summed E-state index contributed by atoms with van der Waals surface area (Å²) < 4.78 is 0.882. The van der Waals surface area contributed by atoms with Gasteiger partial charge in [0.2, 0.25) is 0 Å². The molecule has 25 heavy (non-hydrogen) atoms. The van der Waals surface area contributed by atoms with Crippen molar-refractivity contribution >= 4 is 68.1 Å². The number of benzene rings is 2. The minimum absolute atomic E-state index is 0.0178. The van der Waals surface area contributed by atoms with Gasteiger partial charge in [0.15, 0.2) is 5.11 Å². The van der Waals surface area contributed by atoms with Crippen LogP contribution in [-0.4, -0.2) is 11.0 Å². The summed E-state index contributed by atoms with van der Waals surface area (Å²) in [4.78, 5) is 12.4. The highest BCUT2D eigenvalue weighted by molar-refractivity contribution is 9.10. The van der Waals surface area contributed by atoms with Crippen LogP contribution >= 0.6 is 51.3 Å². The lowest BCUT2D eigenvalue weighted by Gasteiger charge is -2.21. The SMILES string of the molecule is CC(C)(C)c1ccc(C(=O)NC(=S)Nc2ccc(Cl)cc2Cl)cc1Br. The number of rotatable bonds is 2. The second-order valence-electron chi connectivity index (χ2n) is 6.48. The van der Waals surface area contributed by atoms with Gasteiger partial charge >= 0.3 is 0 Å². The average molecular weight is 460 g/mol. The van der Waals surface area contributed by atoms with Gasteiger partial charge in [0.25, 0.3) is 5.91 Å². The number of carbonyl (C=O) groups excluding carboxylic acids is 1. The van der Waals surface area contributed by atoms with Crippen molar-refractivity contribution in [1.29, 1.82) is 0 Å². The lowest BCUT2D eigenvalue weighted by molar-refractivity contribution is 0.0977. The Morgan fingerprint density at radius 1 is 1.12 bits per heavy atom. The number of anilines is 1. The van der Waals surface area contributed by atoms with Gasteiger partial charge in [-0.1, -0.05) is 66.0 Å². The highest BCUT2D eigenvalue weighted by Gasteiger charge is 2.18. The van der Waals surface area contributed by atoms with Crippen LogP contribution in [0.15, 0.2) is 40.9 Å². The van der Waals surface area contributed by atoms with Crippen LogP contribution < -0.4 is 10.6 Å². The van der Waals surface area contributed by atoms with Gasteiger partial charge in [0, 0.05) is 15.1 Å². The molecule has 0 saturated carbocycles. The molecule has 7 heteroatoms. The zero-order valence-corrected chi connectivity index (χ0v) is 17.8. The lowest BCUT2D eigenvalue weighted by Crippen LogP contribution is -2.34. The summed E-state index contributed by atoms with van der Waals surface area (Å²) >= 11 is 20.6. The quantitative estimate of drug-likeness (QED) is 0.526. The number of thiocarbonyl (C=S) groups is 1. The maximum Gasteiger partial charge on any atom is 0.257 e. The summed E-state index contributed by atoms with van der Waals surface area (Å²) in [6.07, 6.45) is 0. The van der Waals surface area contributed by atoms with Gasteiger partial charge in [-0.05, 0) is 53.5 Å². The Labute approximate surface area is 171 Å². The van der Waals surface area contributed by atoms with E-state index in [0.717, 1.165) is 10.0 Å². The van der Waals surface area contributed by atoms with Crippen LogP contribution in [0.25, 0.3) is 0 Å². The fraction of sp³-hybridized carbons (Fsp3) is 0.222. The van der Waals surface area contributed by atoms with E-state index in [-0.39, 0.29) is 16.4 Å². The molecule has 0 unspecified atom stereocenters. The van der Waals surface area contributed by atoms with Gasteiger partial charge in [-0.2, -0.15) is 0 Å². The maximum atomic E-state index is 12.4. The summed E-state index contributed by atoms with van der Waals surface area (Å²) in [6.45, 7) is 6.34. The predicted molar refractivity (Wildman–Crippen MR) is 113 cm³/mol. The molecule has 0 aliphatic heterocycles. The number of nitrogens with one attached hydrogen (secondary N) is 2. The van der Waals surface area contributed by atoms with Crippen molar-refractivity contribution < 1.29 is 4.79 Å². The molecule has 0 heterocycles. The zero-order chi connectivity index (χ0) is 18.8. The number of hydrogen-bond acceptors (Lipinski definition) is 2. The largest absolute Gasteiger partial charge is 0.331 e. The Morgan fingerprint density at radius 2 is 1.80 bits per heavy atom. The first kappa shape index (κ1) is 20.2. The van der Waals surface area contributed by atoms with Gasteiger partial charge in [0.05, 0.1) is 10.7 Å². The molecule has 132 valence electrons. The molecule has 2 aromatic carbocycles. The molecule has 0 aliphatic rings. The predicted octanol–water partition coefficient (Wildman–Crippen LogP) is 6.18. The Hall–Kier alpha value is -1.14. The molecule has 0 aromatic heterocycles. The van der Waals surface area contributed by atoms with Crippen LogP contribution in [0.3, 0.4) is 0 Å². The molecular formula is C18H17BrCl2N2OS. The molecule has 0 aliphatic carbocycles. The molecule has 0 radical (unpaired) electrons. The van der Waals surface area contributed by atoms with Gasteiger partial charge in [0.1, 0.15) is 0 Å². The van der Waals surface area contributed by atoms with Crippen molar-refractivity contribution in [3.05, 3.63) is 62.0 Å². The Kier molecular flexibility index (Phi) is 6.49. The van der Waals surface area contributed by atoms with E-state index in [1.165, 1.54) is 0 Å². The summed E-state index contributed by atoms with van der Waals surface area (Å²) in [6, 6.07) is 10.5. The summed E-state index contributed by atoms with van der Waals surface area (Å²) in [5, 5.41) is 6.62. The fourth-order valence-electron chi connectivity index (χ4n) is 2.18. The van der Waals surface area contributed by atoms with Crippen molar-refractivity contribution in [2.45, 2.75) is 26.2 Å². The van der Waals surface area contributed by atoms with E-state index < -0.39 is 0 Å². The molecule has 3 nitrogen and oxygen atoms in total. The van der Waals surface area contributed by atoms with Crippen molar-refractivity contribution in [2.24, 2.45) is 0 Å². The van der Waals surface area contributed by atoms with Gasteiger partial charge in [-0.25, -0.2) is 0 Å². The van der Waals surface area contributed by atoms with E-state index in [2.05, 4.69) is 47.3 Å². The smallest absolute Gasteiger partial charge is 0.257 e. The van der Waals surface area contributed by atoms with E-state index in [0.29, 0.717) is 21.3 Å². The van der Waals surface area contributed by atoms with Crippen LogP contribution in [0.4, 0.5) is 5.69 Å². The third-order valence-electron chi connectivity index (χ3n) is 3.45. The standard InChI is InChI=1S/C18H17BrCl2N2OS/c1-18(2,3)12-6-4-10(8-13(12)19)16(24)23-17(25)22-15-7-5-11(20)9-14(15)21/h4-9H,1-3H3,(H2,22,23,24,25). The van der Waals surface area contributed by atoms with Crippen LogP contribution in [0.1, 0.15) is 36.7 Å². The lowest BCUT2D eigenvalue weighted by atomic mass is 9.86. The molecule has 0 saturated heterocycles. The summed E-state index contributed by atoms with van der Waals surface area (Å²) in [7, 11) is 0. The van der Waals surface area contributed by atoms with E-state index in [1.807, 2.05) is 6.07 Å². The highest BCUT2D eigenvalue weighted by Crippen LogP contribution is 2.30. The van der Waals surface area contributed by atoms with E-state index in [4.69, 9.17) is 35.4 Å². The Morgan fingerprint density at radius 3 is 2.36 bits per heavy atom. The van der Waals surface area contributed by atoms with Crippen molar-refractivity contribution in [2.75, 3.05) is 5.32 Å². The number of carbonyl (C=O) groups is 1. The summed E-state index contributed by atoms with van der Waals surface area (Å²) in [5.74, 6) is -0.302. The molecular weight excluding hydrogens is 443 g/mol. The molecule has 0 spiro atoms. The topological polar surface area (TPSA) is 41.1 Å². The molecule has 2 rings (SSSR count). The first-order valence-corrected chi connectivity index (χ1v) is 9.41. The fourth-order valence-corrected chi connectivity index (χ4v) is 3.82. The van der Waals surface area contributed by atoms with Crippen LogP contribution in [0, 0.1) is 0 Å². The number of halogens is 3. The monoisotopic (exact) mass is 458 g/mol. The van der Waals surface area contributed by atoms with Crippen molar-refractivity contribution in [3.63, 3.8) is 0 Å². The highest BCUT2D eigenvalue weighted by atomic mass is 79.9. The van der Waals surface area contributed by atoms with Gasteiger partial charge in [-0.3, -0.25) is 10.1 Å². The zero-order valence-electron chi connectivity index (χ0n) is 13.9. The molecule has 0 fully saturated rings. The molecule has 0 atom stereocenters. The molecule has 2 N–H and O–H groups in total.